The van der Waals surface area contributed by atoms with Crippen molar-refractivity contribution in [1.82, 2.24) is 13.9 Å². The topological polar surface area (TPSA) is 119 Å². The highest BCUT2D eigenvalue weighted by atomic mass is 32.2. The molecular weight excluding hydrogens is 452 g/mol. The number of aromatic nitrogens is 2. The van der Waals surface area contributed by atoms with Crippen LogP contribution in [0.3, 0.4) is 0 Å². The number of aryl methyl sites for hydroxylation is 2. The lowest BCUT2D eigenvalue weighted by atomic mass is 9.97. The maximum absolute atomic E-state index is 13.4. The molecule has 0 bridgehead atoms. The fourth-order valence-corrected chi connectivity index (χ4v) is 6.48. The van der Waals surface area contributed by atoms with E-state index in [-0.39, 0.29) is 42.2 Å². The van der Waals surface area contributed by atoms with Gasteiger partial charge in [0.2, 0.25) is 21.6 Å². The van der Waals surface area contributed by atoms with Crippen molar-refractivity contribution in [3.8, 4) is 0 Å². The fraction of sp³-hybridized carbons (Fsp3) is 0.524. The third-order valence-electron chi connectivity index (χ3n) is 5.91. The van der Waals surface area contributed by atoms with E-state index in [0.29, 0.717) is 17.7 Å². The minimum atomic E-state index is -3.67. The van der Waals surface area contributed by atoms with E-state index in [1.165, 1.54) is 4.31 Å². The summed E-state index contributed by atoms with van der Waals surface area (Å²) in [4.78, 5) is 25.0. The zero-order valence-electron chi connectivity index (χ0n) is 18.9. The molecule has 1 N–H and O–H groups in total. The average Bonchev–Trinajstić information content (AvgIpc) is 3.21. The molecule has 1 aromatic carbocycles. The van der Waals surface area contributed by atoms with Crippen molar-refractivity contribution in [3.05, 3.63) is 34.0 Å². The summed E-state index contributed by atoms with van der Waals surface area (Å²) < 4.78 is 36.9. The molecule has 1 amide bonds. The summed E-state index contributed by atoms with van der Waals surface area (Å²) in [7, 11) is -3.67. The van der Waals surface area contributed by atoms with Gasteiger partial charge in [-0.05, 0) is 69.7 Å². The monoisotopic (exact) mass is 480 g/mol. The number of piperidine rings is 1. The molecule has 32 heavy (non-hydrogen) atoms. The summed E-state index contributed by atoms with van der Waals surface area (Å²) in [6.45, 7) is 9.86. The van der Waals surface area contributed by atoms with E-state index in [4.69, 9.17) is 4.74 Å². The second-order valence-electron chi connectivity index (χ2n) is 7.93. The molecule has 2 heterocycles. The van der Waals surface area contributed by atoms with Gasteiger partial charge in [-0.15, -0.1) is 5.10 Å². The second kappa shape index (κ2) is 9.63. The van der Waals surface area contributed by atoms with E-state index in [1.54, 1.807) is 6.92 Å². The van der Waals surface area contributed by atoms with E-state index < -0.39 is 16.0 Å². The van der Waals surface area contributed by atoms with Gasteiger partial charge in [-0.1, -0.05) is 10.6 Å². The predicted molar refractivity (Wildman–Crippen MR) is 121 cm³/mol. The van der Waals surface area contributed by atoms with Crippen molar-refractivity contribution in [2.75, 3.05) is 25.0 Å². The zero-order chi connectivity index (χ0) is 23.6. The maximum Gasteiger partial charge on any atom is 0.362 e. The number of anilines is 1. The van der Waals surface area contributed by atoms with Crippen molar-refractivity contribution >= 4 is 38.4 Å². The first-order valence-electron chi connectivity index (χ1n) is 10.5. The number of carbonyl (C=O) groups is 2. The highest BCUT2D eigenvalue weighted by Crippen LogP contribution is 2.31. The standard InChI is InChI=1S/C21H28N4O5S2/c1-6-30-21(27)17-20(31-24-23-17)22-19(26)16-7-9-25(10-8-16)32(28,29)18-14(4)12(2)11-13(3)15(18)5/h11,16H,6-10H2,1-5H3,(H,22,26). The van der Waals surface area contributed by atoms with Crippen LogP contribution < -0.4 is 5.32 Å². The number of benzene rings is 1. The van der Waals surface area contributed by atoms with Gasteiger partial charge < -0.3 is 10.1 Å². The highest BCUT2D eigenvalue weighted by Gasteiger charge is 2.35. The third kappa shape index (κ3) is 4.69. The molecule has 0 spiro atoms. The number of nitrogens with zero attached hydrogens (tertiary/aromatic N) is 3. The Morgan fingerprint density at radius 1 is 1.16 bits per heavy atom. The van der Waals surface area contributed by atoms with Gasteiger partial charge in [-0.25, -0.2) is 13.2 Å². The highest BCUT2D eigenvalue weighted by molar-refractivity contribution is 7.89. The summed E-state index contributed by atoms with van der Waals surface area (Å²) in [5.41, 5.74) is 3.38. The maximum atomic E-state index is 13.4. The fourth-order valence-electron chi connectivity index (χ4n) is 3.87. The minimum absolute atomic E-state index is 0.0222. The van der Waals surface area contributed by atoms with Crippen LogP contribution >= 0.6 is 11.5 Å². The molecule has 0 saturated carbocycles. The summed E-state index contributed by atoms with van der Waals surface area (Å²) in [5.74, 6) is -1.30. The Balaban J connectivity index is 1.70. The van der Waals surface area contributed by atoms with Crippen LogP contribution in [0.4, 0.5) is 5.00 Å². The van der Waals surface area contributed by atoms with Gasteiger partial charge in [0.15, 0.2) is 5.00 Å². The van der Waals surface area contributed by atoms with Crippen LogP contribution in [0, 0.1) is 33.6 Å². The molecule has 11 heteroatoms. The van der Waals surface area contributed by atoms with Crippen LogP contribution in [-0.2, 0) is 19.6 Å². The molecule has 1 aliphatic heterocycles. The van der Waals surface area contributed by atoms with E-state index in [0.717, 1.165) is 33.8 Å². The molecule has 1 aromatic heterocycles. The zero-order valence-corrected chi connectivity index (χ0v) is 20.5. The van der Waals surface area contributed by atoms with Gasteiger partial charge in [0.1, 0.15) is 0 Å². The Morgan fingerprint density at radius 2 is 1.75 bits per heavy atom. The number of nitrogens with one attached hydrogen (secondary N) is 1. The number of hydrogen-bond donors (Lipinski definition) is 1. The Bertz CT molecular complexity index is 1110. The van der Waals surface area contributed by atoms with Crippen molar-refractivity contribution in [2.45, 2.75) is 52.4 Å². The van der Waals surface area contributed by atoms with Crippen molar-refractivity contribution in [2.24, 2.45) is 5.92 Å². The number of ether oxygens (including phenoxy) is 1. The lowest BCUT2D eigenvalue weighted by molar-refractivity contribution is -0.120. The first-order chi connectivity index (χ1) is 15.1. The molecule has 9 nitrogen and oxygen atoms in total. The Hall–Kier alpha value is -2.37. The summed E-state index contributed by atoms with van der Waals surface area (Å²) in [6, 6.07) is 2.00. The van der Waals surface area contributed by atoms with Gasteiger partial charge >= 0.3 is 5.97 Å². The van der Waals surface area contributed by atoms with Crippen LogP contribution in [0.1, 0.15) is 52.5 Å². The minimum Gasteiger partial charge on any atom is -0.461 e. The number of carbonyl (C=O) groups excluding carboxylic acids is 2. The number of sulfonamides is 1. The molecule has 2 aromatic rings. The third-order valence-corrected chi connectivity index (χ3v) is 8.73. The van der Waals surface area contributed by atoms with Crippen molar-refractivity contribution in [1.29, 1.82) is 0 Å². The van der Waals surface area contributed by atoms with Crippen molar-refractivity contribution < 1.29 is 22.7 Å². The molecule has 1 saturated heterocycles. The molecular formula is C21H28N4O5S2. The van der Waals surface area contributed by atoms with Crippen LogP contribution in [0.15, 0.2) is 11.0 Å². The molecule has 174 valence electrons. The molecule has 3 rings (SSSR count). The SMILES string of the molecule is CCOC(=O)c1nnsc1NC(=O)C1CCN(S(=O)(=O)c2c(C)c(C)cc(C)c2C)CC1. The van der Waals surface area contributed by atoms with E-state index in [2.05, 4.69) is 14.9 Å². The van der Waals surface area contributed by atoms with Gasteiger partial charge in [0, 0.05) is 30.5 Å². The van der Waals surface area contributed by atoms with Gasteiger partial charge in [0.25, 0.3) is 0 Å². The van der Waals surface area contributed by atoms with E-state index >= 15 is 0 Å². The Kier molecular flexibility index (Phi) is 7.31. The number of amides is 1. The average molecular weight is 481 g/mol. The van der Waals surface area contributed by atoms with Crippen LogP contribution in [0.5, 0.6) is 0 Å². The smallest absolute Gasteiger partial charge is 0.362 e. The Morgan fingerprint density at radius 3 is 2.31 bits per heavy atom. The van der Waals surface area contributed by atoms with Crippen LogP contribution in [0.25, 0.3) is 0 Å². The number of rotatable bonds is 6. The molecule has 0 atom stereocenters. The number of hydrogen-bond acceptors (Lipinski definition) is 8. The molecule has 1 aliphatic rings. The molecule has 0 radical (unpaired) electrons. The first kappa shape index (κ1) is 24.3. The van der Waals surface area contributed by atoms with E-state index in [1.807, 2.05) is 33.8 Å². The largest absolute Gasteiger partial charge is 0.461 e. The quantitative estimate of drug-likeness (QED) is 0.631. The lowest BCUT2D eigenvalue weighted by Crippen LogP contribution is -2.42. The summed E-state index contributed by atoms with van der Waals surface area (Å²) >= 11 is 0.904. The van der Waals surface area contributed by atoms with Crippen molar-refractivity contribution in [3.63, 3.8) is 0 Å². The molecule has 1 fully saturated rings. The summed E-state index contributed by atoms with van der Waals surface area (Å²) in [6.07, 6.45) is 0.768. The number of esters is 1. The van der Waals surface area contributed by atoms with Gasteiger partial charge in [-0.2, -0.15) is 4.31 Å². The Labute approximate surface area is 192 Å². The normalized spacial score (nSPS) is 15.5. The van der Waals surface area contributed by atoms with Crippen LogP contribution in [0.2, 0.25) is 0 Å². The van der Waals surface area contributed by atoms with Gasteiger partial charge in [0.05, 0.1) is 11.5 Å². The first-order valence-corrected chi connectivity index (χ1v) is 12.7. The molecule has 0 aliphatic carbocycles. The van der Waals surface area contributed by atoms with Crippen LogP contribution in [-0.4, -0.2) is 53.9 Å². The predicted octanol–water partition coefficient (Wildman–Crippen LogP) is 2.99. The summed E-state index contributed by atoms with van der Waals surface area (Å²) in [5, 5.41) is 6.68. The second-order valence-corrected chi connectivity index (χ2v) is 10.6. The lowest BCUT2D eigenvalue weighted by Gasteiger charge is -2.31. The van der Waals surface area contributed by atoms with E-state index in [9.17, 15) is 18.0 Å². The molecule has 0 unspecified atom stereocenters. The van der Waals surface area contributed by atoms with Gasteiger partial charge in [-0.3, -0.25) is 4.79 Å².